The van der Waals surface area contributed by atoms with Gasteiger partial charge in [-0.15, -0.1) is 0 Å². The molecule has 0 saturated carbocycles. The van der Waals surface area contributed by atoms with Crippen molar-refractivity contribution >= 4 is 11.9 Å². The van der Waals surface area contributed by atoms with Gasteiger partial charge in [-0.25, -0.2) is 4.79 Å². The highest BCUT2D eigenvalue weighted by atomic mass is 16.5. The Hall–Kier alpha value is -1.14. The van der Waals surface area contributed by atoms with E-state index in [0.717, 1.165) is 13.1 Å². The van der Waals surface area contributed by atoms with Gasteiger partial charge in [0, 0.05) is 7.11 Å². The molecular weight excluding hydrogens is 222 g/mol. The molecule has 96 valence electrons. The Labute approximate surface area is 101 Å². The quantitative estimate of drug-likeness (QED) is 0.665. The minimum absolute atomic E-state index is 0.104. The van der Waals surface area contributed by atoms with Crippen molar-refractivity contribution in [3.63, 3.8) is 0 Å². The second kappa shape index (κ2) is 4.62. The number of imide groups is 1. The smallest absolute Gasteiger partial charge is 0.325 e. The second-order valence-corrected chi connectivity index (χ2v) is 4.72. The van der Waals surface area contributed by atoms with E-state index in [1.807, 2.05) is 6.92 Å². The van der Waals surface area contributed by atoms with Gasteiger partial charge in [0.05, 0.1) is 12.6 Å². The third-order valence-corrected chi connectivity index (χ3v) is 3.55. The van der Waals surface area contributed by atoms with Crippen molar-refractivity contribution in [2.24, 2.45) is 0 Å². The average molecular weight is 241 g/mol. The molecule has 2 saturated heterocycles. The van der Waals surface area contributed by atoms with Crippen LogP contribution in [0.2, 0.25) is 0 Å². The first-order chi connectivity index (χ1) is 8.09. The monoisotopic (exact) mass is 241 g/mol. The molecule has 2 rings (SSSR count). The molecule has 2 fully saturated rings. The molecule has 0 bridgehead atoms. The van der Waals surface area contributed by atoms with Crippen LogP contribution in [-0.2, 0) is 9.53 Å². The zero-order chi connectivity index (χ0) is 12.5. The van der Waals surface area contributed by atoms with Gasteiger partial charge in [0.15, 0.2) is 0 Å². The molecule has 6 heteroatoms. The van der Waals surface area contributed by atoms with Crippen LogP contribution in [0.5, 0.6) is 0 Å². The maximum atomic E-state index is 12.3. The van der Waals surface area contributed by atoms with Crippen LogP contribution in [-0.4, -0.2) is 55.2 Å². The number of methoxy groups -OCH3 is 1. The Morgan fingerprint density at radius 1 is 1.41 bits per heavy atom. The van der Waals surface area contributed by atoms with Crippen LogP contribution < -0.4 is 10.6 Å². The third-order valence-electron chi connectivity index (χ3n) is 3.55. The molecule has 0 aromatic heterocycles. The van der Waals surface area contributed by atoms with Gasteiger partial charge < -0.3 is 15.4 Å². The normalized spacial score (nSPS) is 25.2. The summed E-state index contributed by atoms with van der Waals surface area (Å²) in [5.41, 5.74) is -0.671. The number of carbonyl (C=O) groups excluding carboxylic acids is 2. The van der Waals surface area contributed by atoms with E-state index in [-0.39, 0.29) is 18.0 Å². The highest BCUT2D eigenvalue weighted by Crippen LogP contribution is 2.26. The van der Waals surface area contributed by atoms with Crippen LogP contribution >= 0.6 is 0 Å². The maximum Gasteiger partial charge on any atom is 0.325 e. The van der Waals surface area contributed by atoms with Crippen molar-refractivity contribution < 1.29 is 14.3 Å². The van der Waals surface area contributed by atoms with E-state index in [1.54, 1.807) is 7.11 Å². The van der Waals surface area contributed by atoms with Gasteiger partial charge in [-0.1, -0.05) is 0 Å². The lowest BCUT2D eigenvalue weighted by molar-refractivity contribution is -0.133. The topological polar surface area (TPSA) is 70.7 Å². The summed E-state index contributed by atoms with van der Waals surface area (Å²) in [6.45, 7) is 3.68. The van der Waals surface area contributed by atoms with Crippen LogP contribution in [0, 0.1) is 0 Å². The molecule has 0 radical (unpaired) electrons. The van der Waals surface area contributed by atoms with Crippen LogP contribution in [0.4, 0.5) is 4.79 Å². The lowest BCUT2D eigenvalue weighted by atomic mass is 9.88. The van der Waals surface area contributed by atoms with Gasteiger partial charge >= 0.3 is 6.03 Å². The lowest BCUT2D eigenvalue weighted by Gasteiger charge is -2.31. The molecule has 2 N–H and O–H groups in total. The molecule has 1 unspecified atom stereocenters. The molecule has 1 atom stereocenters. The zero-order valence-corrected chi connectivity index (χ0v) is 10.3. The average Bonchev–Trinajstić information content (AvgIpc) is 2.55. The highest BCUT2D eigenvalue weighted by molar-refractivity contribution is 6.07. The fourth-order valence-corrected chi connectivity index (χ4v) is 2.37. The summed E-state index contributed by atoms with van der Waals surface area (Å²) in [6.07, 6.45) is 1.19. The number of nitrogens with zero attached hydrogens (tertiary/aromatic N) is 1. The summed E-state index contributed by atoms with van der Waals surface area (Å²) in [5, 5.41) is 6.03. The number of piperidine rings is 1. The maximum absolute atomic E-state index is 12.3. The predicted molar refractivity (Wildman–Crippen MR) is 61.6 cm³/mol. The van der Waals surface area contributed by atoms with E-state index in [4.69, 9.17) is 4.74 Å². The molecule has 0 aromatic rings. The number of carbonyl (C=O) groups is 2. The summed E-state index contributed by atoms with van der Waals surface area (Å²) in [6, 6.07) is -0.291. The molecule has 0 aromatic carbocycles. The van der Waals surface area contributed by atoms with E-state index in [2.05, 4.69) is 10.6 Å². The fraction of sp³-hybridized carbons (Fsp3) is 0.818. The first kappa shape index (κ1) is 12.3. The minimum atomic E-state index is -0.671. The molecule has 2 aliphatic rings. The number of urea groups is 1. The van der Waals surface area contributed by atoms with Crippen LogP contribution in [0.3, 0.4) is 0 Å². The third kappa shape index (κ3) is 2.14. The zero-order valence-electron chi connectivity index (χ0n) is 10.3. The molecule has 2 heterocycles. The van der Waals surface area contributed by atoms with Crippen molar-refractivity contribution in [3.05, 3.63) is 0 Å². The second-order valence-electron chi connectivity index (χ2n) is 4.72. The summed E-state index contributed by atoms with van der Waals surface area (Å²) in [4.78, 5) is 25.4. The first-order valence-electron chi connectivity index (χ1n) is 5.97. The van der Waals surface area contributed by atoms with Crippen molar-refractivity contribution in [2.45, 2.75) is 31.4 Å². The van der Waals surface area contributed by atoms with Gasteiger partial charge in [-0.3, -0.25) is 9.69 Å². The van der Waals surface area contributed by atoms with Crippen molar-refractivity contribution in [1.29, 1.82) is 0 Å². The molecule has 3 amide bonds. The largest absolute Gasteiger partial charge is 0.380 e. The number of ether oxygens (including phenoxy) is 1. The van der Waals surface area contributed by atoms with Gasteiger partial charge in [-0.2, -0.15) is 0 Å². The predicted octanol–water partition coefficient (Wildman–Crippen LogP) is -0.305. The fourth-order valence-electron chi connectivity index (χ4n) is 2.37. The molecule has 17 heavy (non-hydrogen) atoms. The molecule has 2 aliphatic heterocycles. The minimum Gasteiger partial charge on any atom is -0.380 e. The molecule has 6 nitrogen and oxygen atoms in total. The Morgan fingerprint density at radius 3 is 2.65 bits per heavy atom. The van der Waals surface area contributed by atoms with E-state index in [0.29, 0.717) is 19.4 Å². The Balaban J connectivity index is 2.10. The van der Waals surface area contributed by atoms with Gasteiger partial charge in [0.25, 0.3) is 5.91 Å². The number of amides is 3. The first-order valence-corrected chi connectivity index (χ1v) is 5.97. The van der Waals surface area contributed by atoms with Crippen LogP contribution in [0.1, 0.15) is 19.8 Å². The molecule has 0 aliphatic carbocycles. The Kier molecular flexibility index (Phi) is 3.35. The number of nitrogens with one attached hydrogen (secondary N) is 2. The van der Waals surface area contributed by atoms with E-state index in [1.165, 1.54) is 4.90 Å². The summed E-state index contributed by atoms with van der Waals surface area (Å²) in [5.74, 6) is -0.104. The van der Waals surface area contributed by atoms with Crippen molar-refractivity contribution in [2.75, 3.05) is 26.7 Å². The highest BCUT2D eigenvalue weighted by Gasteiger charge is 2.51. The summed E-state index contributed by atoms with van der Waals surface area (Å²) >= 11 is 0. The van der Waals surface area contributed by atoms with Gasteiger partial charge in [-0.05, 0) is 32.9 Å². The van der Waals surface area contributed by atoms with Crippen LogP contribution in [0.25, 0.3) is 0 Å². The van der Waals surface area contributed by atoms with Crippen LogP contribution in [0.15, 0.2) is 0 Å². The number of rotatable bonds is 3. The number of hydrogen-bond acceptors (Lipinski definition) is 4. The summed E-state index contributed by atoms with van der Waals surface area (Å²) in [7, 11) is 1.57. The van der Waals surface area contributed by atoms with Crippen molar-refractivity contribution in [3.8, 4) is 0 Å². The van der Waals surface area contributed by atoms with Gasteiger partial charge in [0.2, 0.25) is 0 Å². The van der Waals surface area contributed by atoms with Gasteiger partial charge in [0.1, 0.15) is 5.54 Å². The molecular formula is C11H19N3O3. The lowest BCUT2D eigenvalue weighted by Crippen LogP contribution is -2.54. The van der Waals surface area contributed by atoms with E-state index < -0.39 is 5.54 Å². The SMILES string of the molecule is COC(C)CN1C(=O)NC2(CCNCC2)C1=O. The van der Waals surface area contributed by atoms with E-state index >= 15 is 0 Å². The Morgan fingerprint density at radius 2 is 2.06 bits per heavy atom. The standard InChI is InChI=1S/C11H19N3O3/c1-8(17-2)7-14-9(15)11(13-10(14)16)3-5-12-6-4-11/h8,12H,3-7H2,1-2H3,(H,13,16). The molecule has 1 spiro atoms. The van der Waals surface area contributed by atoms with Crippen molar-refractivity contribution in [1.82, 2.24) is 15.5 Å². The number of hydrogen-bond donors (Lipinski definition) is 2. The Bertz CT molecular complexity index is 326. The van der Waals surface area contributed by atoms with E-state index in [9.17, 15) is 9.59 Å². The summed E-state index contributed by atoms with van der Waals surface area (Å²) < 4.78 is 5.10.